The lowest BCUT2D eigenvalue weighted by Gasteiger charge is -2.34. The van der Waals surface area contributed by atoms with Crippen molar-refractivity contribution in [1.29, 1.82) is 0 Å². The van der Waals surface area contributed by atoms with E-state index in [2.05, 4.69) is 42.3 Å². The van der Waals surface area contributed by atoms with Gasteiger partial charge in [0.25, 0.3) is 0 Å². The van der Waals surface area contributed by atoms with Crippen LogP contribution >= 0.6 is 0 Å². The van der Waals surface area contributed by atoms with Gasteiger partial charge in [-0.2, -0.15) is 0 Å². The van der Waals surface area contributed by atoms with E-state index in [0.29, 0.717) is 6.04 Å². The van der Waals surface area contributed by atoms with Gasteiger partial charge in [-0.05, 0) is 32.0 Å². The lowest BCUT2D eigenvalue weighted by Crippen LogP contribution is -2.44. The molecule has 0 aliphatic carbocycles. The van der Waals surface area contributed by atoms with E-state index >= 15 is 0 Å². The molecule has 2 rings (SSSR count). The molecule has 0 spiro atoms. The quantitative estimate of drug-likeness (QED) is 0.808. The molecule has 4 heteroatoms. The zero-order valence-corrected chi connectivity index (χ0v) is 11.4. The number of hydrogen-bond acceptors (Lipinski definition) is 4. The maximum atomic E-state index is 5.46. The number of hydrogen-bond donors (Lipinski definition) is 1. The Morgan fingerprint density at radius 2 is 2.39 bits per heavy atom. The monoisotopic (exact) mass is 249 g/mol. The van der Waals surface area contributed by atoms with E-state index in [0.717, 1.165) is 50.8 Å². The molecule has 1 saturated heterocycles. The molecule has 1 aromatic heterocycles. The van der Waals surface area contributed by atoms with E-state index in [4.69, 9.17) is 9.72 Å². The number of ether oxygens (including phenoxy) is 1. The molecule has 1 aliphatic heterocycles. The van der Waals surface area contributed by atoms with Gasteiger partial charge in [0.2, 0.25) is 0 Å². The summed E-state index contributed by atoms with van der Waals surface area (Å²) in [4.78, 5) is 7.05. The molecule has 0 bridgehead atoms. The summed E-state index contributed by atoms with van der Waals surface area (Å²) in [5, 5.41) is 3.39. The largest absolute Gasteiger partial charge is 0.377 e. The van der Waals surface area contributed by atoms with Gasteiger partial charge < -0.3 is 15.0 Å². The molecule has 1 fully saturated rings. The summed E-state index contributed by atoms with van der Waals surface area (Å²) in [5.41, 5.74) is 1.11. The highest BCUT2D eigenvalue weighted by Gasteiger charge is 2.19. The van der Waals surface area contributed by atoms with Gasteiger partial charge in [0.15, 0.2) is 0 Å². The summed E-state index contributed by atoms with van der Waals surface area (Å²) >= 11 is 0. The minimum atomic E-state index is 0.408. The minimum Gasteiger partial charge on any atom is -0.377 e. The maximum Gasteiger partial charge on any atom is 0.129 e. The topological polar surface area (TPSA) is 37.4 Å². The maximum absolute atomic E-state index is 5.46. The van der Waals surface area contributed by atoms with Crippen LogP contribution in [0.5, 0.6) is 0 Å². The molecule has 18 heavy (non-hydrogen) atoms. The SMILES string of the molecule is CCCNCc1cccc(N2CCOCC2C)n1. The van der Waals surface area contributed by atoms with Crippen molar-refractivity contribution in [2.45, 2.75) is 32.9 Å². The molecule has 0 aromatic carbocycles. The predicted molar refractivity (Wildman–Crippen MR) is 73.9 cm³/mol. The third-order valence-electron chi connectivity index (χ3n) is 3.19. The van der Waals surface area contributed by atoms with E-state index in [-0.39, 0.29) is 0 Å². The second kappa shape index (κ2) is 6.71. The summed E-state index contributed by atoms with van der Waals surface area (Å²) in [6, 6.07) is 6.67. The molecular formula is C14H23N3O. The Morgan fingerprint density at radius 3 is 3.17 bits per heavy atom. The van der Waals surface area contributed by atoms with Crippen LogP contribution in [0.3, 0.4) is 0 Å². The Hall–Kier alpha value is -1.13. The average molecular weight is 249 g/mol. The van der Waals surface area contributed by atoms with E-state index in [1.807, 2.05) is 0 Å². The van der Waals surface area contributed by atoms with Gasteiger partial charge in [0.1, 0.15) is 5.82 Å². The van der Waals surface area contributed by atoms with Crippen molar-refractivity contribution in [3.8, 4) is 0 Å². The molecule has 1 unspecified atom stereocenters. The molecule has 100 valence electrons. The molecule has 0 amide bonds. The first-order valence-corrected chi connectivity index (χ1v) is 6.82. The first kappa shape index (κ1) is 13.3. The van der Waals surface area contributed by atoms with E-state index < -0.39 is 0 Å². The number of nitrogens with zero attached hydrogens (tertiary/aromatic N) is 2. The van der Waals surface area contributed by atoms with Crippen molar-refractivity contribution in [2.75, 3.05) is 31.2 Å². The van der Waals surface area contributed by atoms with Crippen molar-refractivity contribution >= 4 is 5.82 Å². The Balaban J connectivity index is 2.01. The normalized spacial score (nSPS) is 20.1. The van der Waals surface area contributed by atoms with Crippen molar-refractivity contribution < 1.29 is 4.74 Å². The first-order valence-electron chi connectivity index (χ1n) is 6.82. The molecule has 1 aliphatic rings. The van der Waals surface area contributed by atoms with Crippen LogP contribution in [-0.2, 0) is 11.3 Å². The van der Waals surface area contributed by atoms with Gasteiger partial charge in [-0.25, -0.2) is 4.98 Å². The summed E-state index contributed by atoms with van der Waals surface area (Å²) in [5.74, 6) is 1.07. The number of aromatic nitrogens is 1. The smallest absolute Gasteiger partial charge is 0.129 e. The molecule has 2 heterocycles. The van der Waals surface area contributed by atoms with Gasteiger partial charge in [-0.3, -0.25) is 0 Å². The van der Waals surface area contributed by atoms with E-state index in [1.165, 1.54) is 0 Å². The predicted octanol–water partition coefficient (Wildman–Crippen LogP) is 1.81. The Kier molecular flexibility index (Phi) is 4.96. The van der Waals surface area contributed by atoms with Gasteiger partial charge in [-0.15, -0.1) is 0 Å². The van der Waals surface area contributed by atoms with Crippen molar-refractivity contribution in [3.63, 3.8) is 0 Å². The van der Waals surface area contributed by atoms with Crippen LogP contribution < -0.4 is 10.2 Å². The molecule has 1 N–H and O–H groups in total. The highest BCUT2D eigenvalue weighted by atomic mass is 16.5. The Labute approximate surface area is 109 Å². The fourth-order valence-electron chi connectivity index (χ4n) is 2.19. The molecule has 0 saturated carbocycles. The van der Waals surface area contributed by atoms with Crippen molar-refractivity contribution in [1.82, 2.24) is 10.3 Å². The molecule has 1 aromatic rings. The van der Waals surface area contributed by atoms with Crippen molar-refractivity contribution in [3.05, 3.63) is 23.9 Å². The summed E-state index contributed by atoms with van der Waals surface area (Å²) < 4.78 is 5.46. The summed E-state index contributed by atoms with van der Waals surface area (Å²) in [7, 11) is 0. The lowest BCUT2D eigenvalue weighted by molar-refractivity contribution is 0.0985. The zero-order valence-electron chi connectivity index (χ0n) is 11.4. The molecular weight excluding hydrogens is 226 g/mol. The second-order valence-electron chi connectivity index (χ2n) is 4.78. The Morgan fingerprint density at radius 1 is 1.50 bits per heavy atom. The van der Waals surface area contributed by atoms with Gasteiger partial charge in [0, 0.05) is 13.1 Å². The van der Waals surface area contributed by atoms with E-state index in [1.54, 1.807) is 0 Å². The van der Waals surface area contributed by atoms with Gasteiger partial charge in [0.05, 0.1) is 24.9 Å². The zero-order chi connectivity index (χ0) is 12.8. The number of morpholine rings is 1. The van der Waals surface area contributed by atoms with Crippen LogP contribution in [-0.4, -0.2) is 37.3 Å². The minimum absolute atomic E-state index is 0.408. The first-order chi connectivity index (χ1) is 8.81. The lowest BCUT2D eigenvalue weighted by atomic mass is 10.2. The van der Waals surface area contributed by atoms with Crippen LogP contribution in [0.2, 0.25) is 0 Å². The molecule has 0 radical (unpaired) electrons. The van der Waals surface area contributed by atoms with Crippen LogP contribution in [0.15, 0.2) is 18.2 Å². The number of rotatable bonds is 5. The molecule has 4 nitrogen and oxygen atoms in total. The highest BCUT2D eigenvalue weighted by molar-refractivity contribution is 5.40. The summed E-state index contributed by atoms with van der Waals surface area (Å²) in [6.07, 6.45) is 1.15. The fourth-order valence-corrected chi connectivity index (χ4v) is 2.19. The summed E-state index contributed by atoms with van der Waals surface area (Å²) in [6.45, 7) is 8.76. The van der Waals surface area contributed by atoms with Crippen LogP contribution in [0.25, 0.3) is 0 Å². The second-order valence-corrected chi connectivity index (χ2v) is 4.78. The van der Waals surface area contributed by atoms with E-state index in [9.17, 15) is 0 Å². The number of anilines is 1. The van der Waals surface area contributed by atoms with Crippen LogP contribution in [0.1, 0.15) is 26.0 Å². The standard InChI is InChI=1S/C14H23N3O/c1-3-7-15-10-13-5-4-6-14(16-13)17-8-9-18-11-12(17)2/h4-6,12,15H,3,7-11H2,1-2H3. The third kappa shape index (κ3) is 3.43. The number of pyridine rings is 1. The Bertz CT molecular complexity index is 370. The van der Waals surface area contributed by atoms with Crippen LogP contribution in [0, 0.1) is 0 Å². The van der Waals surface area contributed by atoms with Crippen LogP contribution in [0.4, 0.5) is 5.82 Å². The van der Waals surface area contributed by atoms with Gasteiger partial charge in [-0.1, -0.05) is 13.0 Å². The highest BCUT2D eigenvalue weighted by Crippen LogP contribution is 2.17. The average Bonchev–Trinajstić information content (AvgIpc) is 2.40. The van der Waals surface area contributed by atoms with Gasteiger partial charge >= 0.3 is 0 Å². The third-order valence-corrected chi connectivity index (χ3v) is 3.19. The number of nitrogens with one attached hydrogen (secondary N) is 1. The molecule has 1 atom stereocenters. The fraction of sp³-hybridized carbons (Fsp3) is 0.643. The van der Waals surface area contributed by atoms with Crippen molar-refractivity contribution in [2.24, 2.45) is 0 Å².